The fraction of sp³-hybridized carbons (Fsp3) is 0.500. The smallest absolute Gasteiger partial charge is 0.406 e. The van der Waals surface area contributed by atoms with Gasteiger partial charge >= 0.3 is 6.36 Å². The van der Waals surface area contributed by atoms with Gasteiger partial charge in [0, 0.05) is 19.3 Å². The zero-order valence-corrected chi connectivity index (χ0v) is 13.4. The highest BCUT2D eigenvalue weighted by atomic mass is 32.2. The van der Waals surface area contributed by atoms with Crippen molar-refractivity contribution in [1.82, 2.24) is 4.31 Å². The Morgan fingerprint density at radius 3 is 2.54 bits per heavy atom. The number of nitrogens with one attached hydrogen (secondary N) is 1. The summed E-state index contributed by atoms with van der Waals surface area (Å²) in [6.07, 6.45) is -3.92. The number of hydrogen-bond acceptors (Lipinski definition) is 4. The Morgan fingerprint density at radius 1 is 1.33 bits per heavy atom. The molecule has 1 aliphatic carbocycles. The summed E-state index contributed by atoms with van der Waals surface area (Å²) in [4.78, 5) is 12.5. The molecule has 1 heterocycles. The number of carbonyl (C=O) groups excluding carboxylic acids is 1. The number of sulfonamides is 1. The Balaban J connectivity index is 1.74. The van der Waals surface area contributed by atoms with Crippen molar-refractivity contribution in [3.8, 4) is 5.75 Å². The highest BCUT2D eigenvalue weighted by Gasteiger charge is 2.71. The number of amides is 1. The number of rotatable bonds is 3. The van der Waals surface area contributed by atoms with E-state index >= 15 is 0 Å². The molecular weight excluding hydrogens is 349 g/mol. The molecule has 2 fully saturated rings. The molecule has 1 N–H and O–H groups in total. The molecule has 1 saturated heterocycles. The summed E-state index contributed by atoms with van der Waals surface area (Å²) < 4.78 is 64.7. The van der Waals surface area contributed by atoms with Crippen molar-refractivity contribution in [3.63, 3.8) is 0 Å². The van der Waals surface area contributed by atoms with E-state index in [4.69, 9.17) is 0 Å². The number of fused-ring (bicyclic) bond motifs is 1. The van der Waals surface area contributed by atoms with Gasteiger partial charge in [-0.3, -0.25) is 4.79 Å². The summed E-state index contributed by atoms with van der Waals surface area (Å²) in [5.74, 6) is -1.29. The van der Waals surface area contributed by atoms with Crippen molar-refractivity contribution in [2.45, 2.75) is 24.0 Å². The van der Waals surface area contributed by atoms with Gasteiger partial charge in [-0.15, -0.1) is 13.2 Å². The van der Waals surface area contributed by atoms with Gasteiger partial charge in [-0.1, -0.05) is 0 Å². The summed E-state index contributed by atoms with van der Waals surface area (Å²) in [5.41, 5.74) is 0.206. The monoisotopic (exact) mass is 364 g/mol. The lowest BCUT2D eigenvalue weighted by molar-refractivity contribution is -0.274. The standard InChI is InChI=1S/C14H15F3N2O4S/c1-19-7-6-9-8-13(9,24(19,21)22)12(20)18-10-2-4-11(5-3-10)23-14(15,16)17/h2-5,9H,6-8H2,1H3,(H,18,20). The molecule has 6 nitrogen and oxygen atoms in total. The van der Waals surface area contributed by atoms with E-state index < -0.39 is 32.8 Å². The van der Waals surface area contributed by atoms with Crippen LogP contribution in [0.3, 0.4) is 0 Å². The van der Waals surface area contributed by atoms with Crippen molar-refractivity contribution in [3.05, 3.63) is 24.3 Å². The molecule has 24 heavy (non-hydrogen) atoms. The van der Waals surface area contributed by atoms with Crippen molar-refractivity contribution < 1.29 is 31.1 Å². The van der Waals surface area contributed by atoms with Crippen LogP contribution in [0.15, 0.2) is 24.3 Å². The number of benzene rings is 1. The van der Waals surface area contributed by atoms with Gasteiger partial charge in [-0.2, -0.15) is 0 Å². The highest BCUT2D eigenvalue weighted by molar-refractivity contribution is 7.91. The second-order valence-corrected chi connectivity index (χ2v) is 8.23. The third-order valence-electron chi connectivity index (χ3n) is 4.44. The van der Waals surface area contributed by atoms with Crippen LogP contribution in [0, 0.1) is 5.92 Å². The van der Waals surface area contributed by atoms with Gasteiger partial charge in [-0.25, -0.2) is 12.7 Å². The maximum absolute atomic E-state index is 12.5. The van der Waals surface area contributed by atoms with Gasteiger partial charge in [0.15, 0.2) is 4.75 Å². The van der Waals surface area contributed by atoms with Crippen LogP contribution in [0.1, 0.15) is 12.8 Å². The number of nitrogens with zero attached hydrogens (tertiary/aromatic N) is 1. The molecule has 0 radical (unpaired) electrons. The van der Waals surface area contributed by atoms with Crippen LogP contribution in [0.5, 0.6) is 5.75 Å². The maximum Gasteiger partial charge on any atom is 0.573 e. The van der Waals surface area contributed by atoms with Gasteiger partial charge in [0.2, 0.25) is 15.9 Å². The van der Waals surface area contributed by atoms with Crippen molar-refractivity contribution in [2.75, 3.05) is 18.9 Å². The topological polar surface area (TPSA) is 75.7 Å². The first-order chi connectivity index (χ1) is 11.1. The summed E-state index contributed by atoms with van der Waals surface area (Å²) in [6.45, 7) is 0.380. The number of alkyl halides is 3. The number of hydrogen-bond donors (Lipinski definition) is 1. The molecular formula is C14H15F3N2O4S. The van der Waals surface area contributed by atoms with Crippen molar-refractivity contribution in [1.29, 1.82) is 0 Å². The lowest BCUT2D eigenvalue weighted by atomic mass is 10.2. The van der Waals surface area contributed by atoms with E-state index in [1.165, 1.54) is 23.5 Å². The average Bonchev–Trinajstić information content (AvgIpc) is 3.21. The van der Waals surface area contributed by atoms with E-state index in [1.807, 2.05) is 0 Å². The second kappa shape index (κ2) is 5.35. The number of carbonyl (C=O) groups is 1. The molecule has 1 amide bonds. The molecule has 0 aromatic heterocycles. The zero-order chi connectivity index (χ0) is 17.8. The van der Waals surface area contributed by atoms with Crippen LogP contribution in [-0.4, -0.2) is 43.3 Å². The molecule has 132 valence electrons. The zero-order valence-electron chi connectivity index (χ0n) is 12.6. The molecule has 1 saturated carbocycles. The normalized spacial score (nSPS) is 28.8. The lowest BCUT2D eigenvalue weighted by Gasteiger charge is -2.28. The van der Waals surface area contributed by atoms with E-state index in [1.54, 1.807) is 0 Å². The van der Waals surface area contributed by atoms with E-state index in [9.17, 15) is 26.4 Å². The Morgan fingerprint density at radius 2 is 1.96 bits per heavy atom. The summed E-state index contributed by atoms with van der Waals surface area (Å²) in [6, 6.07) is 4.55. The minimum Gasteiger partial charge on any atom is -0.406 e. The molecule has 3 rings (SSSR count). The molecule has 0 spiro atoms. The highest BCUT2D eigenvalue weighted by Crippen LogP contribution is 2.56. The van der Waals surface area contributed by atoms with Crippen LogP contribution in [0.4, 0.5) is 18.9 Å². The summed E-state index contributed by atoms with van der Waals surface area (Å²) >= 11 is 0. The first kappa shape index (κ1) is 17.0. The number of halogens is 3. The fourth-order valence-electron chi connectivity index (χ4n) is 3.07. The second-order valence-electron chi connectivity index (χ2n) is 5.93. The van der Waals surface area contributed by atoms with Crippen molar-refractivity contribution >= 4 is 21.6 Å². The molecule has 1 aromatic rings. The minimum absolute atomic E-state index is 0.206. The van der Waals surface area contributed by atoms with E-state index in [0.29, 0.717) is 13.0 Å². The van der Waals surface area contributed by atoms with Crippen LogP contribution < -0.4 is 10.1 Å². The van der Waals surface area contributed by atoms with Gasteiger partial charge < -0.3 is 10.1 Å². The third kappa shape index (κ3) is 2.73. The van der Waals surface area contributed by atoms with Crippen LogP contribution >= 0.6 is 0 Å². The SMILES string of the molecule is CN1CCC2CC2(C(=O)Nc2ccc(OC(F)(F)F)cc2)S1(=O)=O. The van der Waals surface area contributed by atoms with E-state index in [0.717, 1.165) is 12.1 Å². The Labute approximate surface area is 136 Å². The largest absolute Gasteiger partial charge is 0.573 e. The predicted molar refractivity (Wildman–Crippen MR) is 78.8 cm³/mol. The molecule has 2 unspecified atom stereocenters. The molecule has 0 bridgehead atoms. The fourth-order valence-corrected chi connectivity index (χ4v) is 5.20. The average molecular weight is 364 g/mol. The molecule has 2 aliphatic rings. The number of ether oxygens (including phenoxy) is 1. The summed E-state index contributed by atoms with van der Waals surface area (Å²) in [7, 11) is -2.30. The maximum atomic E-state index is 12.5. The van der Waals surface area contributed by atoms with Crippen molar-refractivity contribution in [2.24, 2.45) is 5.92 Å². The van der Waals surface area contributed by atoms with E-state index in [2.05, 4.69) is 10.1 Å². The quantitative estimate of drug-likeness (QED) is 0.890. The Hall–Kier alpha value is -1.81. The number of anilines is 1. The lowest BCUT2D eigenvalue weighted by Crippen LogP contribution is -2.50. The predicted octanol–water partition coefficient (Wildman–Crippen LogP) is 1.95. The van der Waals surface area contributed by atoms with Gasteiger partial charge in [-0.05, 0) is 43.0 Å². The molecule has 2 atom stereocenters. The first-order valence-electron chi connectivity index (χ1n) is 7.19. The van der Waals surface area contributed by atoms with Crippen LogP contribution in [0.2, 0.25) is 0 Å². The first-order valence-corrected chi connectivity index (χ1v) is 8.63. The molecule has 10 heteroatoms. The summed E-state index contributed by atoms with van der Waals surface area (Å²) in [5, 5.41) is 2.48. The van der Waals surface area contributed by atoms with Gasteiger partial charge in [0.25, 0.3) is 0 Å². The van der Waals surface area contributed by atoms with Gasteiger partial charge in [0.1, 0.15) is 5.75 Å². The van der Waals surface area contributed by atoms with Gasteiger partial charge in [0.05, 0.1) is 0 Å². The van der Waals surface area contributed by atoms with E-state index in [-0.39, 0.29) is 18.0 Å². The Bertz CT molecular complexity index is 763. The van der Waals surface area contributed by atoms with Crippen LogP contribution in [0.25, 0.3) is 0 Å². The Kier molecular flexibility index (Phi) is 3.79. The minimum atomic E-state index is -4.80. The molecule has 1 aliphatic heterocycles. The third-order valence-corrected chi connectivity index (χ3v) is 7.05. The molecule has 1 aromatic carbocycles. The van der Waals surface area contributed by atoms with Crippen LogP contribution in [-0.2, 0) is 14.8 Å².